The van der Waals surface area contributed by atoms with Crippen molar-refractivity contribution in [2.45, 2.75) is 11.4 Å². The van der Waals surface area contributed by atoms with E-state index in [0.717, 1.165) is 14.0 Å². The molecule has 17 heavy (non-hydrogen) atoms. The zero-order valence-corrected chi connectivity index (χ0v) is 12.2. The minimum absolute atomic E-state index is 0.0807. The van der Waals surface area contributed by atoms with Gasteiger partial charge in [0.25, 0.3) is 0 Å². The van der Waals surface area contributed by atoms with Gasteiger partial charge in [-0.25, -0.2) is 0 Å². The molecule has 0 unspecified atom stereocenters. The molecule has 2 rings (SSSR count). The third-order valence-corrected chi connectivity index (χ3v) is 3.62. The van der Waals surface area contributed by atoms with Gasteiger partial charge < -0.3 is 0 Å². The summed E-state index contributed by atoms with van der Waals surface area (Å²) < 4.78 is 2.69. The SMILES string of the molecule is CSc1ccc(C(=O)Cn2cc(I)cn2)cc1. The predicted octanol–water partition coefficient (Wildman–Crippen LogP) is 3.09. The maximum absolute atomic E-state index is 12.0. The van der Waals surface area contributed by atoms with Gasteiger partial charge in [-0.15, -0.1) is 11.8 Å². The summed E-state index contributed by atoms with van der Waals surface area (Å²) in [7, 11) is 0. The van der Waals surface area contributed by atoms with Gasteiger partial charge >= 0.3 is 0 Å². The Kier molecular flexibility index (Phi) is 4.22. The van der Waals surface area contributed by atoms with E-state index in [-0.39, 0.29) is 5.78 Å². The van der Waals surface area contributed by atoms with Crippen molar-refractivity contribution in [1.29, 1.82) is 0 Å². The molecule has 0 spiro atoms. The summed E-state index contributed by atoms with van der Waals surface area (Å²) in [6.07, 6.45) is 5.61. The lowest BCUT2D eigenvalue weighted by molar-refractivity contribution is 0.0967. The maximum Gasteiger partial charge on any atom is 0.184 e. The second kappa shape index (κ2) is 5.68. The third-order valence-electron chi connectivity index (χ3n) is 2.32. The van der Waals surface area contributed by atoms with Crippen LogP contribution >= 0.6 is 34.4 Å². The predicted molar refractivity (Wildman–Crippen MR) is 77.5 cm³/mol. The molecule has 1 heterocycles. The number of ketones is 1. The van der Waals surface area contributed by atoms with E-state index < -0.39 is 0 Å². The van der Waals surface area contributed by atoms with E-state index in [4.69, 9.17) is 0 Å². The second-order valence-electron chi connectivity index (χ2n) is 3.51. The van der Waals surface area contributed by atoms with Crippen LogP contribution in [0.5, 0.6) is 0 Å². The number of halogens is 1. The molecule has 0 saturated carbocycles. The molecule has 2 aromatic rings. The normalized spacial score (nSPS) is 10.5. The van der Waals surface area contributed by atoms with Crippen LogP contribution < -0.4 is 0 Å². The summed E-state index contributed by atoms with van der Waals surface area (Å²) in [5.41, 5.74) is 0.730. The van der Waals surface area contributed by atoms with Crippen LogP contribution in [0.3, 0.4) is 0 Å². The molecule has 0 atom stereocenters. The van der Waals surface area contributed by atoms with Gasteiger partial charge in [-0.05, 0) is 41.0 Å². The number of nitrogens with zero attached hydrogens (tertiary/aromatic N) is 2. The Morgan fingerprint density at radius 3 is 2.65 bits per heavy atom. The van der Waals surface area contributed by atoms with E-state index >= 15 is 0 Å². The summed E-state index contributed by atoms with van der Waals surface area (Å²) in [6, 6.07) is 7.65. The summed E-state index contributed by atoms with van der Waals surface area (Å²) in [6.45, 7) is 0.293. The van der Waals surface area contributed by atoms with Crippen LogP contribution in [-0.2, 0) is 6.54 Å². The van der Waals surface area contributed by atoms with E-state index in [2.05, 4.69) is 27.7 Å². The monoisotopic (exact) mass is 358 g/mol. The van der Waals surface area contributed by atoms with Crippen molar-refractivity contribution in [2.24, 2.45) is 0 Å². The second-order valence-corrected chi connectivity index (χ2v) is 5.63. The molecule has 0 N–H and O–H groups in total. The number of hydrogen-bond donors (Lipinski definition) is 0. The average molecular weight is 358 g/mol. The van der Waals surface area contributed by atoms with Crippen LogP contribution in [0.2, 0.25) is 0 Å². The number of aromatic nitrogens is 2. The van der Waals surface area contributed by atoms with E-state index in [1.54, 1.807) is 22.6 Å². The van der Waals surface area contributed by atoms with Crippen LogP contribution in [0, 0.1) is 3.57 Å². The first-order valence-corrected chi connectivity index (χ1v) is 7.34. The number of carbonyl (C=O) groups is 1. The molecular formula is C12H11IN2OS. The molecule has 0 aliphatic heterocycles. The van der Waals surface area contributed by atoms with Gasteiger partial charge in [0.1, 0.15) is 6.54 Å². The van der Waals surface area contributed by atoms with Crippen LogP contribution in [0.4, 0.5) is 0 Å². The standard InChI is InChI=1S/C12H11IN2OS/c1-17-11-4-2-9(3-5-11)12(16)8-15-7-10(13)6-14-15/h2-7H,8H2,1H3. The first-order valence-electron chi connectivity index (χ1n) is 5.04. The zero-order valence-electron chi connectivity index (χ0n) is 9.26. The van der Waals surface area contributed by atoms with Gasteiger partial charge in [-0.1, -0.05) is 12.1 Å². The van der Waals surface area contributed by atoms with Crippen LogP contribution in [0.25, 0.3) is 0 Å². The summed E-state index contributed by atoms with van der Waals surface area (Å²) in [4.78, 5) is 13.1. The Bertz CT molecular complexity index is 522. The Morgan fingerprint density at radius 1 is 1.41 bits per heavy atom. The molecule has 5 heteroatoms. The van der Waals surface area contributed by atoms with Crippen LogP contribution in [-0.4, -0.2) is 21.8 Å². The van der Waals surface area contributed by atoms with E-state index in [0.29, 0.717) is 6.54 Å². The smallest absolute Gasteiger partial charge is 0.184 e. The summed E-state index contributed by atoms with van der Waals surface area (Å²) in [5.74, 6) is 0.0807. The molecule has 3 nitrogen and oxygen atoms in total. The van der Waals surface area contributed by atoms with Gasteiger partial charge in [0.15, 0.2) is 5.78 Å². The molecule has 1 aromatic heterocycles. The molecule has 88 valence electrons. The minimum atomic E-state index is 0.0807. The van der Waals surface area contributed by atoms with Crippen molar-refractivity contribution < 1.29 is 4.79 Å². The first-order chi connectivity index (χ1) is 8.19. The van der Waals surface area contributed by atoms with E-state index in [1.165, 1.54) is 0 Å². The molecule has 0 radical (unpaired) electrons. The van der Waals surface area contributed by atoms with E-state index in [1.807, 2.05) is 36.7 Å². The highest BCUT2D eigenvalue weighted by atomic mass is 127. The van der Waals surface area contributed by atoms with Gasteiger partial charge in [0.2, 0.25) is 0 Å². The number of thioether (sulfide) groups is 1. The maximum atomic E-state index is 12.0. The minimum Gasteiger partial charge on any atom is -0.292 e. The molecule has 1 aromatic carbocycles. The fourth-order valence-electron chi connectivity index (χ4n) is 1.44. The summed E-state index contributed by atoms with van der Waals surface area (Å²) in [5, 5.41) is 4.10. The third kappa shape index (κ3) is 3.32. The van der Waals surface area contributed by atoms with E-state index in [9.17, 15) is 4.79 Å². The average Bonchev–Trinajstić information content (AvgIpc) is 2.75. The van der Waals surface area contributed by atoms with Crippen molar-refractivity contribution in [2.75, 3.05) is 6.26 Å². The van der Waals surface area contributed by atoms with Gasteiger partial charge in [-0.2, -0.15) is 5.10 Å². The highest BCUT2D eigenvalue weighted by Crippen LogP contribution is 2.15. The Morgan fingerprint density at radius 2 is 2.12 bits per heavy atom. The quantitative estimate of drug-likeness (QED) is 0.479. The van der Waals surface area contributed by atoms with Gasteiger partial charge in [0.05, 0.1) is 9.77 Å². The molecule has 0 fully saturated rings. The summed E-state index contributed by atoms with van der Waals surface area (Å²) >= 11 is 3.84. The van der Waals surface area contributed by atoms with Crippen molar-refractivity contribution in [1.82, 2.24) is 9.78 Å². The van der Waals surface area contributed by atoms with Crippen LogP contribution in [0.1, 0.15) is 10.4 Å². The van der Waals surface area contributed by atoms with Crippen molar-refractivity contribution in [3.63, 3.8) is 0 Å². The highest BCUT2D eigenvalue weighted by molar-refractivity contribution is 14.1. The fourth-order valence-corrected chi connectivity index (χ4v) is 2.29. The molecule has 0 bridgehead atoms. The molecular weight excluding hydrogens is 347 g/mol. The van der Waals surface area contributed by atoms with Crippen molar-refractivity contribution in [3.8, 4) is 0 Å². The zero-order chi connectivity index (χ0) is 12.3. The lowest BCUT2D eigenvalue weighted by atomic mass is 10.1. The van der Waals surface area contributed by atoms with Gasteiger partial charge in [-0.3, -0.25) is 9.48 Å². The van der Waals surface area contributed by atoms with Crippen LogP contribution in [0.15, 0.2) is 41.6 Å². The molecule has 0 saturated heterocycles. The number of Topliss-reactive ketones (excluding diaryl/α,β-unsaturated/α-hetero) is 1. The first kappa shape index (κ1) is 12.6. The van der Waals surface area contributed by atoms with Crippen molar-refractivity contribution in [3.05, 3.63) is 45.8 Å². The number of carbonyl (C=O) groups excluding carboxylic acids is 1. The number of benzene rings is 1. The lowest BCUT2D eigenvalue weighted by Crippen LogP contribution is -2.10. The Hall–Kier alpha value is -0.820. The van der Waals surface area contributed by atoms with Crippen molar-refractivity contribution >= 4 is 40.1 Å². The number of hydrogen-bond acceptors (Lipinski definition) is 3. The molecule has 0 aliphatic rings. The largest absolute Gasteiger partial charge is 0.292 e. The van der Waals surface area contributed by atoms with Gasteiger partial charge in [0, 0.05) is 16.7 Å². The highest BCUT2D eigenvalue weighted by Gasteiger charge is 2.07. The number of rotatable bonds is 4. The molecule has 0 aliphatic carbocycles. The Balaban J connectivity index is 2.09. The Labute approximate surface area is 118 Å². The topological polar surface area (TPSA) is 34.9 Å². The fraction of sp³-hybridized carbons (Fsp3) is 0.167. The molecule has 0 amide bonds. The lowest BCUT2D eigenvalue weighted by Gasteiger charge is -2.02.